The molecule has 2 unspecified atom stereocenters. The second kappa shape index (κ2) is 6.39. The van der Waals surface area contributed by atoms with Gasteiger partial charge >= 0.3 is 0 Å². The predicted molar refractivity (Wildman–Crippen MR) is 77.4 cm³/mol. The van der Waals surface area contributed by atoms with Gasteiger partial charge in [-0.1, -0.05) is 6.92 Å². The van der Waals surface area contributed by atoms with Crippen LogP contribution in [0.5, 0.6) is 0 Å². The lowest BCUT2D eigenvalue weighted by Crippen LogP contribution is -2.29. The van der Waals surface area contributed by atoms with Gasteiger partial charge in [0.25, 0.3) is 0 Å². The average molecular weight is 266 g/mol. The van der Waals surface area contributed by atoms with E-state index in [0.717, 1.165) is 50.9 Å². The van der Waals surface area contributed by atoms with Gasteiger partial charge in [-0.2, -0.15) is 0 Å². The number of ether oxygens (including phenoxy) is 1. The fourth-order valence-corrected chi connectivity index (χ4v) is 2.59. The van der Waals surface area contributed by atoms with E-state index in [9.17, 15) is 0 Å². The first-order chi connectivity index (χ1) is 9.11. The van der Waals surface area contributed by atoms with Crippen LogP contribution in [0.1, 0.15) is 26.0 Å². The number of nitrogens with two attached hydrogens (primary N) is 1. The van der Waals surface area contributed by atoms with Gasteiger partial charge in [0, 0.05) is 45.1 Å². The molecule has 0 spiro atoms. The molecule has 0 amide bonds. The van der Waals surface area contributed by atoms with Gasteiger partial charge < -0.3 is 19.9 Å². The second-order valence-electron chi connectivity index (χ2n) is 5.47. The van der Waals surface area contributed by atoms with E-state index < -0.39 is 0 Å². The van der Waals surface area contributed by atoms with Crippen LogP contribution < -0.4 is 10.6 Å². The highest BCUT2D eigenvalue weighted by Crippen LogP contribution is 2.22. The first-order valence-electron chi connectivity index (χ1n) is 7.23. The van der Waals surface area contributed by atoms with Crippen molar-refractivity contribution in [1.29, 1.82) is 0 Å². The Morgan fingerprint density at radius 1 is 1.47 bits per heavy atom. The van der Waals surface area contributed by atoms with E-state index in [1.807, 2.05) is 13.8 Å². The number of nitrogens with zero attached hydrogens (tertiary/aromatic N) is 3. The summed E-state index contributed by atoms with van der Waals surface area (Å²) < 4.78 is 7.63. The summed E-state index contributed by atoms with van der Waals surface area (Å²) in [5.74, 6) is 1.60. The van der Waals surface area contributed by atoms with E-state index in [1.54, 1.807) is 0 Å². The van der Waals surface area contributed by atoms with Crippen LogP contribution in [0.25, 0.3) is 0 Å². The van der Waals surface area contributed by atoms with Gasteiger partial charge in [0.2, 0.25) is 5.95 Å². The molecule has 2 atom stereocenters. The van der Waals surface area contributed by atoms with Crippen molar-refractivity contribution in [3.05, 3.63) is 11.9 Å². The quantitative estimate of drug-likeness (QED) is 0.791. The Kier molecular flexibility index (Phi) is 4.82. The van der Waals surface area contributed by atoms with Gasteiger partial charge in [-0.3, -0.25) is 0 Å². The van der Waals surface area contributed by atoms with E-state index in [4.69, 9.17) is 10.5 Å². The molecule has 0 aliphatic carbocycles. The highest BCUT2D eigenvalue weighted by molar-refractivity contribution is 5.36. The molecule has 5 heteroatoms. The summed E-state index contributed by atoms with van der Waals surface area (Å²) in [4.78, 5) is 6.96. The SMILES string of the molecule is CCOCCCn1cc(C)nc1N1CC(C)C(N)C1. The monoisotopic (exact) mass is 266 g/mol. The van der Waals surface area contributed by atoms with Crippen molar-refractivity contribution in [2.45, 2.75) is 39.8 Å². The van der Waals surface area contributed by atoms with Crippen molar-refractivity contribution < 1.29 is 4.74 Å². The largest absolute Gasteiger partial charge is 0.382 e. The van der Waals surface area contributed by atoms with Gasteiger partial charge in [0.15, 0.2) is 0 Å². The van der Waals surface area contributed by atoms with E-state index in [-0.39, 0.29) is 6.04 Å². The van der Waals surface area contributed by atoms with Crippen LogP contribution in [-0.2, 0) is 11.3 Å². The summed E-state index contributed by atoms with van der Waals surface area (Å²) in [6.45, 7) is 10.7. The van der Waals surface area contributed by atoms with Crippen LogP contribution in [0.4, 0.5) is 5.95 Å². The number of anilines is 1. The maximum absolute atomic E-state index is 6.10. The molecule has 5 nitrogen and oxygen atoms in total. The standard InChI is InChI=1S/C14H26N4O/c1-4-19-7-5-6-17-9-12(3)16-14(17)18-8-11(2)13(15)10-18/h9,11,13H,4-8,10,15H2,1-3H3. The number of aryl methyl sites for hydroxylation is 2. The maximum Gasteiger partial charge on any atom is 0.205 e. The van der Waals surface area contributed by atoms with E-state index in [2.05, 4.69) is 27.6 Å². The molecular formula is C14H26N4O. The molecule has 2 N–H and O–H groups in total. The first kappa shape index (κ1) is 14.3. The normalized spacial score (nSPS) is 23.3. The second-order valence-corrected chi connectivity index (χ2v) is 5.47. The van der Waals surface area contributed by atoms with Crippen LogP contribution in [0.3, 0.4) is 0 Å². The zero-order chi connectivity index (χ0) is 13.8. The molecule has 1 fully saturated rings. The van der Waals surface area contributed by atoms with Gasteiger partial charge in [-0.15, -0.1) is 0 Å². The molecule has 1 aliphatic heterocycles. The van der Waals surface area contributed by atoms with Crippen molar-refractivity contribution in [2.75, 3.05) is 31.2 Å². The Balaban J connectivity index is 2.00. The topological polar surface area (TPSA) is 56.3 Å². The Hall–Kier alpha value is -1.07. The summed E-state index contributed by atoms with van der Waals surface area (Å²) in [5.41, 5.74) is 7.17. The van der Waals surface area contributed by atoms with Crippen LogP contribution >= 0.6 is 0 Å². The highest BCUT2D eigenvalue weighted by Gasteiger charge is 2.29. The van der Waals surface area contributed by atoms with Gasteiger partial charge in [-0.05, 0) is 26.2 Å². The van der Waals surface area contributed by atoms with Crippen LogP contribution in [-0.4, -0.2) is 41.9 Å². The van der Waals surface area contributed by atoms with Crippen molar-refractivity contribution in [2.24, 2.45) is 11.7 Å². The van der Waals surface area contributed by atoms with E-state index in [1.165, 1.54) is 0 Å². The third kappa shape index (κ3) is 3.48. The van der Waals surface area contributed by atoms with Gasteiger partial charge in [-0.25, -0.2) is 4.98 Å². The van der Waals surface area contributed by atoms with Crippen molar-refractivity contribution in [3.63, 3.8) is 0 Å². The fraction of sp³-hybridized carbons (Fsp3) is 0.786. The lowest BCUT2D eigenvalue weighted by Gasteiger charge is -2.18. The summed E-state index contributed by atoms with van der Waals surface area (Å²) in [6.07, 6.45) is 3.14. The Morgan fingerprint density at radius 2 is 2.26 bits per heavy atom. The molecule has 108 valence electrons. The molecule has 0 bridgehead atoms. The number of rotatable bonds is 6. The zero-order valence-electron chi connectivity index (χ0n) is 12.3. The minimum Gasteiger partial charge on any atom is -0.382 e. The third-order valence-corrected chi connectivity index (χ3v) is 3.72. The molecule has 0 aromatic carbocycles. The molecule has 1 aliphatic rings. The fourth-order valence-electron chi connectivity index (χ4n) is 2.59. The molecule has 2 heterocycles. The van der Waals surface area contributed by atoms with Gasteiger partial charge in [0.05, 0.1) is 5.69 Å². The van der Waals surface area contributed by atoms with E-state index in [0.29, 0.717) is 5.92 Å². The lowest BCUT2D eigenvalue weighted by molar-refractivity contribution is 0.141. The summed E-state index contributed by atoms with van der Waals surface area (Å²) in [7, 11) is 0. The Labute approximate surface area is 115 Å². The Morgan fingerprint density at radius 3 is 2.89 bits per heavy atom. The summed E-state index contributed by atoms with van der Waals surface area (Å²) in [5, 5.41) is 0. The number of hydrogen-bond acceptors (Lipinski definition) is 4. The van der Waals surface area contributed by atoms with Crippen LogP contribution in [0.15, 0.2) is 6.20 Å². The molecular weight excluding hydrogens is 240 g/mol. The smallest absolute Gasteiger partial charge is 0.205 e. The molecule has 1 aromatic heterocycles. The first-order valence-corrected chi connectivity index (χ1v) is 7.23. The molecule has 19 heavy (non-hydrogen) atoms. The van der Waals surface area contributed by atoms with E-state index >= 15 is 0 Å². The van der Waals surface area contributed by atoms with Crippen molar-refractivity contribution >= 4 is 5.95 Å². The highest BCUT2D eigenvalue weighted by atomic mass is 16.5. The summed E-state index contributed by atoms with van der Waals surface area (Å²) in [6, 6.07) is 0.258. The predicted octanol–water partition coefficient (Wildman–Crippen LogP) is 1.40. The maximum atomic E-state index is 6.10. The molecule has 1 aromatic rings. The van der Waals surface area contributed by atoms with Crippen LogP contribution in [0.2, 0.25) is 0 Å². The molecule has 0 saturated carbocycles. The third-order valence-electron chi connectivity index (χ3n) is 3.72. The number of hydrogen-bond donors (Lipinski definition) is 1. The minimum absolute atomic E-state index is 0.258. The van der Waals surface area contributed by atoms with Crippen molar-refractivity contribution in [3.8, 4) is 0 Å². The van der Waals surface area contributed by atoms with Crippen LogP contribution in [0, 0.1) is 12.8 Å². The Bertz CT molecular complexity index is 394. The minimum atomic E-state index is 0.258. The number of imidazole rings is 1. The molecule has 1 saturated heterocycles. The average Bonchev–Trinajstić information content (AvgIpc) is 2.89. The zero-order valence-corrected chi connectivity index (χ0v) is 12.3. The molecule has 2 rings (SSSR count). The molecule has 0 radical (unpaired) electrons. The summed E-state index contributed by atoms with van der Waals surface area (Å²) >= 11 is 0. The van der Waals surface area contributed by atoms with Crippen molar-refractivity contribution in [1.82, 2.24) is 9.55 Å². The lowest BCUT2D eigenvalue weighted by atomic mass is 10.1. The van der Waals surface area contributed by atoms with Gasteiger partial charge in [0.1, 0.15) is 0 Å². The number of aromatic nitrogens is 2.